The zero-order chi connectivity index (χ0) is 12.5. The van der Waals surface area contributed by atoms with Crippen LogP contribution in [-0.4, -0.2) is 11.2 Å². The summed E-state index contributed by atoms with van der Waals surface area (Å²) in [5.74, 6) is 0.871. The standard InChI is InChI=1S/C15H13ClO2/c16-12-7-5-10(6-8-12)15(17)14-9-11-3-1-2-4-13(11)18-14/h1-8,14-15,17H,9H2. The van der Waals surface area contributed by atoms with Gasteiger partial charge in [0.15, 0.2) is 0 Å². The lowest BCUT2D eigenvalue weighted by Gasteiger charge is -2.18. The van der Waals surface area contributed by atoms with Crippen LogP contribution in [0.1, 0.15) is 17.2 Å². The molecule has 18 heavy (non-hydrogen) atoms. The number of benzene rings is 2. The van der Waals surface area contributed by atoms with E-state index in [9.17, 15) is 5.11 Å². The molecule has 1 aliphatic heterocycles. The van der Waals surface area contributed by atoms with Gasteiger partial charge in [0.25, 0.3) is 0 Å². The zero-order valence-corrected chi connectivity index (χ0v) is 10.5. The van der Waals surface area contributed by atoms with E-state index in [-0.39, 0.29) is 6.10 Å². The predicted octanol–water partition coefficient (Wildman–Crippen LogP) is 3.38. The average molecular weight is 261 g/mol. The number of rotatable bonds is 2. The lowest BCUT2D eigenvalue weighted by Crippen LogP contribution is -2.22. The molecular formula is C15H13ClO2. The van der Waals surface area contributed by atoms with E-state index in [1.54, 1.807) is 12.1 Å². The van der Waals surface area contributed by atoms with Gasteiger partial charge in [-0.3, -0.25) is 0 Å². The largest absolute Gasteiger partial charge is 0.487 e. The van der Waals surface area contributed by atoms with Gasteiger partial charge < -0.3 is 9.84 Å². The first-order valence-electron chi connectivity index (χ1n) is 5.92. The number of para-hydroxylation sites is 1. The molecule has 0 saturated heterocycles. The van der Waals surface area contributed by atoms with Gasteiger partial charge in [-0.15, -0.1) is 0 Å². The van der Waals surface area contributed by atoms with Gasteiger partial charge in [-0.1, -0.05) is 41.9 Å². The van der Waals surface area contributed by atoms with Crippen LogP contribution < -0.4 is 4.74 Å². The van der Waals surface area contributed by atoms with Crippen molar-refractivity contribution in [3.8, 4) is 5.75 Å². The van der Waals surface area contributed by atoms with E-state index in [1.807, 2.05) is 36.4 Å². The SMILES string of the molecule is OC(c1ccc(Cl)cc1)C1Cc2ccccc2O1. The number of aliphatic hydroxyl groups is 1. The summed E-state index contributed by atoms with van der Waals surface area (Å²) in [6, 6.07) is 15.1. The third-order valence-corrected chi connectivity index (χ3v) is 3.49. The highest BCUT2D eigenvalue weighted by Gasteiger charge is 2.29. The van der Waals surface area contributed by atoms with E-state index in [2.05, 4.69) is 0 Å². The van der Waals surface area contributed by atoms with Crippen molar-refractivity contribution >= 4 is 11.6 Å². The van der Waals surface area contributed by atoms with E-state index in [4.69, 9.17) is 16.3 Å². The molecule has 0 radical (unpaired) electrons. The van der Waals surface area contributed by atoms with Gasteiger partial charge in [0, 0.05) is 11.4 Å². The maximum atomic E-state index is 10.3. The molecule has 2 nitrogen and oxygen atoms in total. The van der Waals surface area contributed by atoms with Gasteiger partial charge in [-0.2, -0.15) is 0 Å². The highest BCUT2D eigenvalue weighted by molar-refractivity contribution is 6.30. The van der Waals surface area contributed by atoms with Gasteiger partial charge in [0.05, 0.1) is 0 Å². The smallest absolute Gasteiger partial charge is 0.133 e. The summed E-state index contributed by atoms with van der Waals surface area (Å²) in [5.41, 5.74) is 1.98. The summed E-state index contributed by atoms with van der Waals surface area (Å²) >= 11 is 5.84. The van der Waals surface area contributed by atoms with Gasteiger partial charge in [0.2, 0.25) is 0 Å². The minimum Gasteiger partial charge on any atom is -0.487 e. The Morgan fingerprint density at radius 1 is 1.11 bits per heavy atom. The Kier molecular flexibility index (Phi) is 2.98. The van der Waals surface area contributed by atoms with E-state index >= 15 is 0 Å². The van der Waals surface area contributed by atoms with Crippen molar-refractivity contribution in [2.75, 3.05) is 0 Å². The maximum Gasteiger partial charge on any atom is 0.133 e. The van der Waals surface area contributed by atoms with Crippen LogP contribution in [0.25, 0.3) is 0 Å². The number of ether oxygens (including phenoxy) is 1. The first-order chi connectivity index (χ1) is 8.74. The second-order valence-corrected chi connectivity index (χ2v) is 4.90. The number of aliphatic hydroxyl groups excluding tert-OH is 1. The van der Waals surface area contributed by atoms with Crippen molar-refractivity contribution in [1.82, 2.24) is 0 Å². The Bertz CT molecular complexity index is 526. The molecule has 2 aromatic carbocycles. The van der Waals surface area contributed by atoms with Crippen LogP contribution in [0, 0.1) is 0 Å². The van der Waals surface area contributed by atoms with Crippen molar-refractivity contribution in [2.45, 2.75) is 18.6 Å². The molecule has 0 amide bonds. The van der Waals surface area contributed by atoms with Crippen molar-refractivity contribution < 1.29 is 9.84 Å². The fraction of sp³-hybridized carbons (Fsp3) is 0.200. The van der Waals surface area contributed by atoms with Crippen LogP contribution in [0.4, 0.5) is 0 Å². The molecule has 1 N–H and O–H groups in total. The molecule has 0 spiro atoms. The van der Waals surface area contributed by atoms with Gasteiger partial charge in [-0.05, 0) is 29.3 Å². The van der Waals surface area contributed by atoms with Gasteiger partial charge in [0.1, 0.15) is 18.0 Å². The third kappa shape index (κ3) is 2.09. The molecule has 92 valence electrons. The van der Waals surface area contributed by atoms with E-state index in [1.165, 1.54) is 0 Å². The summed E-state index contributed by atoms with van der Waals surface area (Å²) in [6.45, 7) is 0. The first kappa shape index (κ1) is 11.6. The summed E-state index contributed by atoms with van der Waals surface area (Å²) in [6.07, 6.45) is -0.113. The monoisotopic (exact) mass is 260 g/mol. The van der Waals surface area contributed by atoms with Crippen LogP contribution in [0.3, 0.4) is 0 Å². The molecule has 0 aliphatic carbocycles. The van der Waals surface area contributed by atoms with E-state index < -0.39 is 6.10 Å². The van der Waals surface area contributed by atoms with Crippen LogP contribution in [0.5, 0.6) is 5.75 Å². The molecule has 1 aliphatic rings. The van der Waals surface area contributed by atoms with Crippen molar-refractivity contribution in [3.05, 3.63) is 64.7 Å². The quantitative estimate of drug-likeness (QED) is 0.897. The van der Waals surface area contributed by atoms with E-state index in [0.29, 0.717) is 5.02 Å². The Balaban J connectivity index is 1.80. The topological polar surface area (TPSA) is 29.5 Å². The Labute approximate surface area is 111 Å². The summed E-state index contributed by atoms with van der Waals surface area (Å²) < 4.78 is 5.77. The molecule has 2 unspecified atom stereocenters. The molecule has 3 rings (SSSR count). The molecule has 2 atom stereocenters. The number of halogens is 1. The zero-order valence-electron chi connectivity index (χ0n) is 9.71. The van der Waals surface area contributed by atoms with Crippen molar-refractivity contribution in [1.29, 1.82) is 0 Å². The molecule has 0 fully saturated rings. The van der Waals surface area contributed by atoms with Gasteiger partial charge >= 0.3 is 0 Å². The minimum atomic E-state index is -0.630. The molecular weight excluding hydrogens is 248 g/mol. The van der Waals surface area contributed by atoms with Crippen LogP contribution in [0.15, 0.2) is 48.5 Å². The molecule has 0 aromatic heterocycles. The Hall–Kier alpha value is -1.51. The molecule has 0 bridgehead atoms. The summed E-state index contributed by atoms with van der Waals surface area (Å²) in [4.78, 5) is 0. The second kappa shape index (κ2) is 4.63. The third-order valence-electron chi connectivity index (χ3n) is 3.24. The second-order valence-electron chi connectivity index (χ2n) is 4.46. The van der Waals surface area contributed by atoms with Crippen LogP contribution in [0.2, 0.25) is 5.02 Å². The molecule has 1 heterocycles. The van der Waals surface area contributed by atoms with Gasteiger partial charge in [-0.25, -0.2) is 0 Å². The minimum absolute atomic E-state index is 0.219. The lowest BCUT2D eigenvalue weighted by atomic mass is 10.0. The highest BCUT2D eigenvalue weighted by Crippen LogP contribution is 2.34. The molecule has 0 saturated carbocycles. The molecule has 2 aromatic rings. The Morgan fingerprint density at radius 3 is 2.56 bits per heavy atom. The summed E-state index contributed by atoms with van der Waals surface area (Å²) in [7, 11) is 0. The average Bonchev–Trinajstić information content (AvgIpc) is 2.82. The fourth-order valence-corrected chi connectivity index (χ4v) is 2.39. The maximum absolute atomic E-state index is 10.3. The Morgan fingerprint density at radius 2 is 1.83 bits per heavy atom. The fourth-order valence-electron chi connectivity index (χ4n) is 2.26. The normalized spacial score (nSPS) is 19.1. The number of fused-ring (bicyclic) bond motifs is 1. The van der Waals surface area contributed by atoms with Crippen molar-refractivity contribution in [3.63, 3.8) is 0 Å². The number of hydrogen-bond acceptors (Lipinski definition) is 2. The van der Waals surface area contributed by atoms with E-state index in [0.717, 1.165) is 23.3 Å². The lowest BCUT2D eigenvalue weighted by molar-refractivity contribution is 0.0492. The summed E-state index contributed by atoms with van der Waals surface area (Å²) in [5, 5.41) is 11.0. The van der Waals surface area contributed by atoms with Crippen molar-refractivity contribution in [2.24, 2.45) is 0 Å². The molecule has 3 heteroatoms. The van der Waals surface area contributed by atoms with Crippen LogP contribution >= 0.6 is 11.6 Å². The predicted molar refractivity (Wildman–Crippen MR) is 71.0 cm³/mol. The highest BCUT2D eigenvalue weighted by atomic mass is 35.5. The first-order valence-corrected chi connectivity index (χ1v) is 6.30. The number of hydrogen-bond donors (Lipinski definition) is 1. The van der Waals surface area contributed by atoms with Crippen LogP contribution in [-0.2, 0) is 6.42 Å².